The summed E-state index contributed by atoms with van der Waals surface area (Å²) < 4.78 is 11.2. The van der Waals surface area contributed by atoms with E-state index in [1.165, 1.54) is 21.9 Å². The van der Waals surface area contributed by atoms with Crippen molar-refractivity contribution in [3.05, 3.63) is 35.4 Å². The number of benzene rings is 2. The molecule has 1 fully saturated rings. The fraction of sp³-hybridized carbons (Fsp3) is 0.450. The third-order valence-electron chi connectivity index (χ3n) is 5.16. The highest BCUT2D eigenvalue weighted by Crippen LogP contribution is 2.42. The first-order valence-electron chi connectivity index (χ1n) is 8.64. The zero-order chi connectivity index (χ0) is 16.7. The van der Waals surface area contributed by atoms with Gasteiger partial charge in [0, 0.05) is 23.6 Å². The number of ether oxygens (including phenoxy) is 2. The van der Waals surface area contributed by atoms with Crippen LogP contribution in [0.3, 0.4) is 0 Å². The summed E-state index contributed by atoms with van der Waals surface area (Å²) >= 11 is 0. The predicted molar refractivity (Wildman–Crippen MR) is 93.7 cm³/mol. The van der Waals surface area contributed by atoms with Gasteiger partial charge in [0.1, 0.15) is 11.5 Å². The van der Waals surface area contributed by atoms with Gasteiger partial charge in [-0.15, -0.1) is 0 Å². The Kier molecular flexibility index (Phi) is 3.83. The molecular formula is C20H23NO3. The molecule has 0 spiro atoms. The molecule has 1 N–H and O–H groups in total. The summed E-state index contributed by atoms with van der Waals surface area (Å²) in [5, 5.41) is 5.56. The monoisotopic (exact) mass is 325 g/mol. The number of carbonyl (C=O) groups excluding carboxylic acids is 1. The van der Waals surface area contributed by atoms with Crippen LogP contribution in [-0.2, 0) is 17.6 Å². The van der Waals surface area contributed by atoms with Gasteiger partial charge in [-0.3, -0.25) is 4.79 Å². The molecule has 2 aliphatic carbocycles. The van der Waals surface area contributed by atoms with Gasteiger partial charge in [0.2, 0.25) is 5.91 Å². The summed E-state index contributed by atoms with van der Waals surface area (Å²) in [5.74, 6) is 2.27. The van der Waals surface area contributed by atoms with Crippen LogP contribution in [-0.4, -0.2) is 26.2 Å². The molecule has 0 atom stereocenters. The van der Waals surface area contributed by atoms with Crippen LogP contribution >= 0.6 is 0 Å². The lowest BCUT2D eigenvalue weighted by Gasteiger charge is -2.27. The van der Waals surface area contributed by atoms with Crippen molar-refractivity contribution >= 4 is 16.7 Å². The molecule has 0 radical (unpaired) electrons. The molecule has 0 aromatic heterocycles. The Balaban J connectivity index is 1.70. The van der Waals surface area contributed by atoms with Gasteiger partial charge in [-0.05, 0) is 54.5 Å². The highest BCUT2D eigenvalue weighted by atomic mass is 16.5. The number of amides is 1. The number of nitrogens with one attached hydrogen (secondary N) is 1. The minimum atomic E-state index is 0.173. The predicted octanol–water partition coefficient (Wildman–Crippen LogP) is 3.24. The van der Waals surface area contributed by atoms with Crippen LogP contribution in [0.25, 0.3) is 10.8 Å². The molecular weight excluding hydrogens is 302 g/mol. The van der Waals surface area contributed by atoms with Crippen molar-refractivity contribution in [1.29, 1.82) is 0 Å². The zero-order valence-corrected chi connectivity index (χ0v) is 14.2. The molecule has 4 nitrogen and oxygen atoms in total. The summed E-state index contributed by atoms with van der Waals surface area (Å²) in [6, 6.07) is 8.67. The lowest BCUT2D eigenvalue weighted by molar-refractivity contribution is -0.122. The Morgan fingerprint density at radius 3 is 2.12 bits per heavy atom. The molecule has 24 heavy (non-hydrogen) atoms. The number of hydrogen-bond donors (Lipinski definition) is 1. The summed E-state index contributed by atoms with van der Waals surface area (Å²) in [4.78, 5) is 12.3. The average molecular weight is 325 g/mol. The first-order chi connectivity index (χ1) is 11.7. The number of methoxy groups -OCH3 is 2. The van der Waals surface area contributed by atoms with E-state index < -0.39 is 0 Å². The lowest BCUT2D eigenvalue weighted by Crippen LogP contribution is -2.29. The number of hydrogen-bond acceptors (Lipinski definition) is 3. The second-order valence-electron chi connectivity index (χ2n) is 6.91. The molecule has 0 heterocycles. The molecule has 1 amide bonds. The van der Waals surface area contributed by atoms with Gasteiger partial charge < -0.3 is 14.8 Å². The fourth-order valence-electron chi connectivity index (χ4n) is 3.89. The smallest absolute Gasteiger partial charge is 0.220 e. The standard InChI is InChI=1S/C20H23NO3/c1-23-17-7-3-13-4-8-18(24-2)16-10-12(9-15(17)20(13)16)11-19(22)21-14-5-6-14/h3-4,7-8,12,14H,5-6,9-11H2,1-2H3,(H,21,22). The topological polar surface area (TPSA) is 47.6 Å². The first kappa shape index (κ1) is 15.3. The van der Waals surface area contributed by atoms with Crippen LogP contribution in [0.5, 0.6) is 11.5 Å². The molecule has 0 unspecified atom stereocenters. The Morgan fingerprint density at radius 1 is 1.04 bits per heavy atom. The third kappa shape index (κ3) is 2.70. The van der Waals surface area contributed by atoms with Gasteiger partial charge in [-0.2, -0.15) is 0 Å². The zero-order valence-electron chi connectivity index (χ0n) is 14.2. The van der Waals surface area contributed by atoms with Crippen LogP contribution in [0.4, 0.5) is 0 Å². The highest BCUT2D eigenvalue weighted by Gasteiger charge is 2.29. The van der Waals surface area contributed by atoms with E-state index in [-0.39, 0.29) is 11.8 Å². The van der Waals surface area contributed by atoms with Crippen LogP contribution in [0.2, 0.25) is 0 Å². The molecule has 2 aromatic carbocycles. The molecule has 2 aromatic rings. The van der Waals surface area contributed by atoms with Crippen molar-refractivity contribution < 1.29 is 14.3 Å². The molecule has 4 heteroatoms. The second kappa shape index (κ2) is 6.00. The maximum atomic E-state index is 12.3. The summed E-state index contributed by atoms with van der Waals surface area (Å²) in [6.45, 7) is 0. The van der Waals surface area contributed by atoms with Gasteiger partial charge in [-0.25, -0.2) is 0 Å². The van der Waals surface area contributed by atoms with E-state index in [4.69, 9.17) is 9.47 Å². The van der Waals surface area contributed by atoms with Crippen LogP contribution in [0, 0.1) is 5.92 Å². The van der Waals surface area contributed by atoms with E-state index in [9.17, 15) is 4.79 Å². The Morgan fingerprint density at radius 2 is 1.62 bits per heavy atom. The fourth-order valence-corrected chi connectivity index (χ4v) is 3.89. The third-order valence-corrected chi connectivity index (χ3v) is 5.16. The SMILES string of the molecule is COc1ccc2ccc(OC)c3c2c1CC(CC(=O)NC1CC1)C3. The van der Waals surface area contributed by atoms with Crippen molar-refractivity contribution in [3.63, 3.8) is 0 Å². The van der Waals surface area contributed by atoms with E-state index in [0.29, 0.717) is 12.5 Å². The highest BCUT2D eigenvalue weighted by molar-refractivity contribution is 5.93. The molecule has 4 rings (SSSR count). The second-order valence-corrected chi connectivity index (χ2v) is 6.91. The van der Waals surface area contributed by atoms with Gasteiger partial charge in [-0.1, -0.05) is 12.1 Å². The van der Waals surface area contributed by atoms with Crippen LogP contribution in [0.15, 0.2) is 24.3 Å². The van der Waals surface area contributed by atoms with Crippen LogP contribution < -0.4 is 14.8 Å². The summed E-state index contributed by atoms with van der Waals surface area (Å²) in [7, 11) is 3.42. The molecule has 126 valence electrons. The number of rotatable bonds is 5. The van der Waals surface area contributed by atoms with E-state index in [1.54, 1.807) is 14.2 Å². The lowest BCUT2D eigenvalue weighted by atomic mass is 9.79. The summed E-state index contributed by atoms with van der Waals surface area (Å²) in [6.07, 6.45) is 4.56. The van der Waals surface area contributed by atoms with E-state index >= 15 is 0 Å². The Hall–Kier alpha value is -2.23. The number of carbonyl (C=O) groups is 1. The quantitative estimate of drug-likeness (QED) is 0.918. The molecule has 0 aliphatic heterocycles. The molecule has 0 bridgehead atoms. The molecule has 1 saturated carbocycles. The maximum absolute atomic E-state index is 12.3. The minimum absolute atomic E-state index is 0.173. The van der Waals surface area contributed by atoms with Gasteiger partial charge in [0.05, 0.1) is 14.2 Å². The first-order valence-corrected chi connectivity index (χ1v) is 8.64. The van der Waals surface area contributed by atoms with Crippen LogP contribution in [0.1, 0.15) is 30.4 Å². The summed E-state index contributed by atoms with van der Waals surface area (Å²) in [5.41, 5.74) is 2.42. The largest absolute Gasteiger partial charge is 0.496 e. The van der Waals surface area contributed by atoms with E-state index in [2.05, 4.69) is 17.4 Å². The van der Waals surface area contributed by atoms with Crippen molar-refractivity contribution in [1.82, 2.24) is 5.32 Å². The van der Waals surface area contributed by atoms with Crippen molar-refractivity contribution in [2.24, 2.45) is 5.92 Å². The minimum Gasteiger partial charge on any atom is -0.496 e. The Labute approximate surface area is 142 Å². The normalized spacial score (nSPS) is 16.9. The van der Waals surface area contributed by atoms with Gasteiger partial charge in [0.15, 0.2) is 0 Å². The van der Waals surface area contributed by atoms with Gasteiger partial charge in [0.25, 0.3) is 0 Å². The average Bonchev–Trinajstić information content (AvgIpc) is 3.39. The van der Waals surface area contributed by atoms with Crippen molar-refractivity contribution in [2.75, 3.05) is 14.2 Å². The molecule has 0 saturated heterocycles. The van der Waals surface area contributed by atoms with E-state index in [0.717, 1.165) is 37.2 Å². The van der Waals surface area contributed by atoms with Gasteiger partial charge >= 0.3 is 0 Å². The maximum Gasteiger partial charge on any atom is 0.220 e. The van der Waals surface area contributed by atoms with Crippen molar-refractivity contribution in [2.45, 2.75) is 38.1 Å². The van der Waals surface area contributed by atoms with Crippen molar-refractivity contribution in [3.8, 4) is 11.5 Å². The molecule has 2 aliphatic rings. The Bertz CT molecular complexity index is 746. The van der Waals surface area contributed by atoms with E-state index in [1.807, 2.05) is 12.1 Å².